The molecule has 0 unspecified atom stereocenters. The number of nitrogens with zero attached hydrogens (tertiary/aromatic N) is 1. The molecule has 0 spiro atoms. The Hall–Kier alpha value is -2.58. The highest BCUT2D eigenvalue weighted by atomic mass is 16.5. The van der Waals surface area contributed by atoms with E-state index < -0.39 is 11.6 Å². The normalized spacial score (nSPS) is 19.3. The molecule has 3 rings (SSSR count). The van der Waals surface area contributed by atoms with Crippen LogP contribution in [-0.4, -0.2) is 51.5 Å². The summed E-state index contributed by atoms with van der Waals surface area (Å²) in [6.45, 7) is 1.13. The molecule has 1 amide bonds. The average Bonchev–Trinajstić information content (AvgIpc) is 2.69. The third-order valence-electron chi connectivity index (χ3n) is 4.98. The maximum atomic E-state index is 12.2. The number of anilines is 1. The molecule has 0 aliphatic carbocycles. The molecule has 2 heterocycles. The number of ether oxygens (including phenoxy) is 4. The van der Waals surface area contributed by atoms with E-state index in [0.717, 1.165) is 5.56 Å². The Kier molecular flexibility index (Phi) is 5.67. The summed E-state index contributed by atoms with van der Waals surface area (Å²) in [5.74, 6) is -0.0647. The number of benzene rings is 1. The Morgan fingerprint density at radius 3 is 2.81 bits per heavy atom. The van der Waals surface area contributed by atoms with E-state index >= 15 is 0 Å². The van der Waals surface area contributed by atoms with Gasteiger partial charge in [-0.05, 0) is 17.7 Å². The van der Waals surface area contributed by atoms with Gasteiger partial charge in [0.25, 0.3) is 5.91 Å². The van der Waals surface area contributed by atoms with Gasteiger partial charge in [0.05, 0.1) is 5.69 Å². The molecule has 0 aromatic heterocycles. The van der Waals surface area contributed by atoms with Crippen molar-refractivity contribution in [3.8, 4) is 5.75 Å². The van der Waals surface area contributed by atoms with Crippen LogP contribution in [0.5, 0.6) is 5.75 Å². The Balaban J connectivity index is 1.63. The third kappa shape index (κ3) is 4.06. The van der Waals surface area contributed by atoms with Crippen molar-refractivity contribution < 1.29 is 28.5 Å². The van der Waals surface area contributed by atoms with Crippen molar-refractivity contribution in [3.63, 3.8) is 0 Å². The SMILES string of the molecule is COC1(C(N)=CC(=O)OCc2ccc3c(c2)OCC(=O)N3C)CCOCC1. The first kappa shape index (κ1) is 19.2. The van der Waals surface area contributed by atoms with E-state index in [1.54, 1.807) is 32.4 Å². The first-order valence-corrected chi connectivity index (χ1v) is 8.75. The quantitative estimate of drug-likeness (QED) is 0.607. The number of likely N-dealkylation sites (N-methyl/N-ethyl adjacent to an activating group) is 1. The summed E-state index contributed by atoms with van der Waals surface area (Å²) in [4.78, 5) is 25.3. The minimum atomic E-state index is -0.686. The molecule has 146 valence electrons. The van der Waals surface area contributed by atoms with Gasteiger partial charge in [-0.25, -0.2) is 4.79 Å². The van der Waals surface area contributed by atoms with Gasteiger partial charge in [-0.3, -0.25) is 4.79 Å². The molecule has 8 nitrogen and oxygen atoms in total. The van der Waals surface area contributed by atoms with Crippen molar-refractivity contribution in [2.45, 2.75) is 25.0 Å². The zero-order chi connectivity index (χ0) is 19.4. The molecule has 0 radical (unpaired) electrons. The summed E-state index contributed by atoms with van der Waals surface area (Å²) in [6, 6.07) is 5.31. The number of carbonyl (C=O) groups excluding carboxylic acids is 2. The number of rotatable bonds is 5. The van der Waals surface area contributed by atoms with Gasteiger partial charge < -0.3 is 29.6 Å². The Bertz CT molecular complexity index is 755. The van der Waals surface area contributed by atoms with E-state index in [9.17, 15) is 9.59 Å². The van der Waals surface area contributed by atoms with Crippen molar-refractivity contribution in [3.05, 3.63) is 35.5 Å². The highest BCUT2D eigenvalue weighted by Gasteiger charge is 2.35. The van der Waals surface area contributed by atoms with Crippen molar-refractivity contribution in [1.29, 1.82) is 0 Å². The van der Waals surface area contributed by atoms with Gasteiger partial charge in [0, 0.05) is 52.0 Å². The van der Waals surface area contributed by atoms with E-state index in [2.05, 4.69) is 0 Å². The Morgan fingerprint density at radius 1 is 1.37 bits per heavy atom. The minimum absolute atomic E-state index is 0.00513. The smallest absolute Gasteiger partial charge is 0.332 e. The highest BCUT2D eigenvalue weighted by molar-refractivity contribution is 5.97. The van der Waals surface area contributed by atoms with Gasteiger partial charge in [-0.1, -0.05) is 6.07 Å². The molecular formula is C19H24N2O6. The molecule has 1 fully saturated rings. The number of amides is 1. The fourth-order valence-corrected chi connectivity index (χ4v) is 3.18. The molecule has 2 aliphatic rings. The van der Waals surface area contributed by atoms with Crippen molar-refractivity contribution in [2.75, 3.05) is 38.9 Å². The second-order valence-corrected chi connectivity index (χ2v) is 6.56. The van der Waals surface area contributed by atoms with Crippen LogP contribution in [0.1, 0.15) is 18.4 Å². The second-order valence-electron chi connectivity index (χ2n) is 6.56. The van der Waals surface area contributed by atoms with E-state index in [1.165, 1.54) is 11.0 Å². The van der Waals surface area contributed by atoms with Crippen molar-refractivity contribution in [2.24, 2.45) is 5.73 Å². The second kappa shape index (κ2) is 7.98. The molecule has 27 heavy (non-hydrogen) atoms. The third-order valence-corrected chi connectivity index (χ3v) is 4.98. The van der Waals surface area contributed by atoms with E-state index in [4.69, 9.17) is 24.7 Å². The van der Waals surface area contributed by atoms with Crippen LogP contribution in [-0.2, 0) is 30.4 Å². The van der Waals surface area contributed by atoms with Crippen LogP contribution in [0, 0.1) is 0 Å². The zero-order valence-electron chi connectivity index (χ0n) is 15.5. The Morgan fingerprint density at radius 2 is 2.11 bits per heavy atom. The molecule has 8 heteroatoms. The van der Waals surface area contributed by atoms with Crippen LogP contribution in [0.25, 0.3) is 0 Å². The van der Waals surface area contributed by atoms with Crippen molar-refractivity contribution >= 4 is 17.6 Å². The fourth-order valence-electron chi connectivity index (χ4n) is 3.18. The van der Waals surface area contributed by atoms with Crippen LogP contribution in [0.15, 0.2) is 30.0 Å². The summed E-state index contributed by atoms with van der Waals surface area (Å²) >= 11 is 0. The summed E-state index contributed by atoms with van der Waals surface area (Å²) in [5.41, 5.74) is 7.20. The molecule has 0 atom stereocenters. The summed E-state index contributed by atoms with van der Waals surface area (Å²) in [7, 11) is 3.27. The van der Waals surface area contributed by atoms with Gasteiger partial charge in [0.1, 0.15) is 18.0 Å². The maximum absolute atomic E-state index is 12.2. The van der Waals surface area contributed by atoms with Crippen molar-refractivity contribution in [1.82, 2.24) is 0 Å². The van der Waals surface area contributed by atoms with Gasteiger partial charge in [0.15, 0.2) is 6.61 Å². The lowest BCUT2D eigenvalue weighted by atomic mass is 9.90. The number of esters is 1. The number of nitrogens with two attached hydrogens (primary N) is 1. The van der Waals surface area contributed by atoms with E-state index in [0.29, 0.717) is 43.2 Å². The van der Waals surface area contributed by atoms with E-state index in [-0.39, 0.29) is 19.1 Å². The number of methoxy groups -OCH3 is 1. The lowest BCUT2D eigenvalue weighted by Crippen LogP contribution is -2.43. The maximum Gasteiger partial charge on any atom is 0.332 e. The molecule has 1 saturated heterocycles. The number of fused-ring (bicyclic) bond motifs is 1. The summed E-state index contributed by atoms with van der Waals surface area (Å²) in [5, 5.41) is 0. The number of carbonyl (C=O) groups is 2. The number of hydrogen-bond donors (Lipinski definition) is 1. The monoisotopic (exact) mass is 376 g/mol. The van der Waals surface area contributed by atoms with Crippen LogP contribution < -0.4 is 15.4 Å². The lowest BCUT2D eigenvalue weighted by molar-refractivity contribution is -0.139. The Labute approximate surface area is 157 Å². The predicted octanol–water partition coefficient (Wildman–Crippen LogP) is 1.12. The topological polar surface area (TPSA) is 100 Å². The van der Waals surface area contributed by atoms with Gasteiger partial charge in [0.2, 0.25) is 0 Å². The highest BCUT2D eigenvalue weighted by Crippen LogP contribution is 2.32. The largest absolute Gasteiger partial charge is 0.482 e. The van der Waals surface area contributed by atoms with Crippen LogP contribution in [0.4, 0.5) is 5.69 Å². The zero-order valence-corrected chi connectivity index (χ0v) is 15.5. The molecular weight excluding hydrogens is 352 g/mol. The van der Waals surface area contributed by atoms with Crippen LogP contribution in [0.3, 0.4) is 0 Å². The molecule has 1 aromatic rings. The molecule has 0 saturated carbocycles. The van der Waals surface area contributed by atoms with E-state index in [1.807, 2.05) is 0 Å². The van der Waals surface area contributed by atoms with Gasteiger partial charge in [-0.2, -0.15) is 0 Å². The summed E-state index contributed by atoms with van der Waals surface area (Å²) < 4.78 is 21.6. The standard InChI is InChI=1S/C19H24N2O6/c1-21-14-4-3-13(9-15(14)26-12-17(21)22)11-27-18(23)10-16(20)19(24-2)5-7-25-8-6-19/h3-4,9-10H,5-8,11-12,20H2,1-2H3. The molecule has 1 aromatic carbocycles. The first-order chi connectivity index (χ1) is 12.9. The molecule has 2 N–H and O–H groups in total. The minimum Gasteiger partial charge on any atom is -0.482 e. The van der Waals surface area contributed by atoms with Crippen LogP contribution in [0.2, 0.25) is 0 Å². The van der Waals surface area contributed by atoms with Gasteiger partial charge in [-0.15, -0.1) is 0 Å². The first-order valence-electron chi connectivity index (χ1n) is 8.75. The number of hydrogen-bond acceptors (Lipinski definition) is 7. The predicted molar refractivity (Wildman–Crippen MR) is 97.2 cm³/mol. The average molecular weight is 376 g/mol. The van der Waals surface area contributed by atoms with Crippen LogP contribution >= 0.6 is 0 Å². The molecule has 2 aliphatic heterocycles. The summed E-state index contributed by atoms with van der Waals surface area (Å²) in [6.07, 6.45) is 2.46. The fraction of sp³-hybridized carbons (Fsp3) is 0.474. The lowest BCUT2D eigenvalue weighted by Gasteiger charge is -2.36. The van der Waals surface area contributed by atoms with Gasteiger partial charge >= 0.3 is 5.97 Å². The molecule has 0 bridgehead atoms.